The van der Waals surface area contributed by atoms with E-state index in [2.05, 4.69) is 16.4 Å². The third-order valence-corrected chi connectivity index (χ3v) is 4.13. The fraction of sp³-hybridized carbons (Fsp3) is 0.600. The summed E-state index contributed by atoms with van der Waals surface area (Å²) in [4.78, 5) is 17.9. The maximum atomic E-state index is 11.6. The Morgan fingerprint density at radius 2 is 2.29 bits per heavy atom. The lowest BCUT2D eigenvalue weighted by Gasteiger charge is -2.34. The van der Waals surface area contributed by atoms with Gasteiger partial charge in [0.1, 0.15) is 6.10 Å². The molecule has 0 saturated carbocycles. The number of hydrogen-bond acceptors (Lipinski definition) is 4. The molecule has 0 bridgehead atoms. The largest absolute Gasteiger partial charge is 0.471 e. The second-order valence-corrected chi connectivity index (χ2v) is 5.60. The van der Waals surface area contributed by atoms with E-state index in [9.17, 15) is 4.79 Å². The first-order chi connectivity index (χ1) is 9.74. The Balaban J connectivity index is 0.00000161. The van der Waals surface area contributed by atoms with Gasteiger partial charge in [-0.05, 0) is 18.9 Å². The van der Waals surface area contributed by atoms with E-state index in [1.807, 2.05) is 11.0 Å². The van der Waals surface area contributed by atoms with Gasteiger partial charge in [0.25, 0.3) is 0 Å². The minimum atomic E-state index is 0. The molecule has 2 saturated heterocycles. The molecule has 1 N–H and O–H groups in total. The van der Waals surface area contributed by atoms with E-state index in [4.69, 9.17) is 4.74 Å². The number of carbonyl (C=O) groups excluding carboxylic acids is 1. The van der Waals surface area contributed by atoms with E-state index in [-0.39, 0.29) is 24.4 Å². The minimum Gasteiger partial charge on any atom is -0.471 e. The lowest BCUT2D eigenvalue weighted by Crippen LogP contribution is -2.50. The highest BCUT2D eigenvalue weighted by Gasteiger charge is 2.27. The van der Waals surface area contributed by atoms with Crippen LogP contribution in [0.25, 0.3) is 0 Å². The van der Waals surface area contributed by atoms with Gasteiger partial charge < -0.3 is 15.0 Å². The van der Waals surface area contributed by atoms with Gasteiger partial charge in [-0.25, -0.2) is 4.98 Å². The number of pyridine rings is 1. The van der Waals surface area contributed by atoms with Gasteiger partial charge >= 0.3 is 0 Å². The summed E-state index contributed by atoms with van der Waals surface area (Å²) in [5.74, 6) is 1.24. The number of nitrogens with zero attached hydrogens (tertiary/aromatic N) is 2. The number of likely N-dealkylation sites (tertiary alicyclic amines) is 1. The summed E-state index contributed by atoms with van der Waals surface area (Å²) >= 11 is 0. The van der Waals surface area contributed by atoms with Gasteiger partial charge in [-0.3, -0.25) is 4.79 Å². The van der Waals surface area contributed by atoms with Crippen molar-refractivity contribution >= 4 is 18.3 Å². The average Bonchev–Trinajstić information content (AvgIpc) is 2.43. The molecule has 21 heavy (non-hydrogen) atoms. The third-order valence-electron chi connectivity index (χ3n) is 4.13. The van der Waals surface area contributed by atoms with Crippen molar-refractivity contribution in [3.05, 3.63) is 23.9 Å². The molecule has 0 spiro atoms. The highest BCUT2D eigenvalue weighted by molar-refractivity contribution is 5.85. The first-order valence-electron chi connectivity index (χ1n) is 7.32. The van der Waals surface area contributed by atoms with Crippen molar-refractivity contribution in [1.82, 2.24) is 15.2 Å². The molecule has 5 nitrogen and oxygen atoms in total. The zero-order valence-electron chi connectivity index (χ0n) is 12.2. The smallest absolute Gasteiger partial charge is 0.219 e. The number of nitrogens with one attached hydrogen (secondary N) is 1. The topological polar surface area (TPSA) is 54.5 Å². The van der Waals surface area contributed by atoms with E-state index in [1.54, 1.807) is 13.1 Å². The molecule has 2 aliphatic rings. The molecule has 2 fully saturated rings. The molecule has 2 aliphatic heterocycles. The Kier molecular flexibility index (Phi) is 5.42. The predicted octanol–water partition coefficient (Wildman–Crippen LogP) is 1.58. The first-order valence-corrected chi connectivity index (χ1v) is 7.32. The maximum Gasteiger partial charge on any atom is 0.219 e. The summed E-state index contributed by atoms with van der Waals surface area (Å²) in [7, 11) is 0. The monoisotopic (exact) mass is 311 g/mol. The summed E-state index contributed by atoms with van der Waals surface area (Å²) in [6.45, 7) is 5.07. The molecule has 3 rings (SSSR count). The Morgan fingerprint density at radius 1 is 1.48 bits per heavy atom. The van der Waals surface area contributed by atoms with Crippen LogP contribution in [0.5, 0.6) is 5.88 Å². The molecule has 6 heteroatoms. The maximum absolute atomic E-state index is 11.6. The average molecular weight is 312 g/mol. The van der Waals surface area contributed by atoms with Crippen molar-refractivity contribution in [2.75, 3.05) is 26.2 Å². The summed E-state index contributed by atoms with van der Waals surface area (Å²) in [5, 5.41) is 3.20. The van der Waals surface area contributed by atoms with Crippen LogP contribution in [0.2, 0.25) is 0 Å². The number of hydrogen-bond donors (Lipinski definition) is 1. The van der Waals surface area contributed by atoms with Crippen molar-refractivity contribution in [2.24, 2.45) is 0 Å². The van der Waals surface area contributed by atoms with Crippen molar-refractivity contribution in [2.45, 2.75) is 31.8 Å². The number of rotatable bonds is 3. The molecule has 1 aromatic rings. The number of aromatic nitrogens is 1. The second kappa shape index (κ2) is 7.09. The molecule has 3 heterocycles. The summed E-state index contributed by atoms with van der Waals surface area (Å²) in [6, 6.07) is 4.04. The molecule has 1 amide bonds. The summed E-state index contributed by atoms with van der Waals surface area (Å²) in [5.41, 5.74) is 1.14. The Bertz CT molecular complexity index is 494. The first kappa shape index (κ1) is 16.0. The third kappa shape index (κ3) is 3.66. The van der Waals surface area contributed by atoms with Gasteiger partial charge in [-0.1, -0.05) is 6.07 Å². The summed E-state index contributed by atoms with van der Waals surface area (Å²) in [6.07, 6.45) is 4.14. The van der Waals surface area contributed by atoms with Crippen molar-refractivity contribution in [3.63, 3.8) is 0 Å². The SMILES string of the molecule is CC(=O)N1CCCC(c2cccnc2OC2CNC2)C1.Cl. The van der Waals surface area contributed by atoms with Crippen LogP contribution in [0.1, 0.15) is 31.2 Å². The molecular weight excluding hydrogens is 290 g/mol. The van der Waals surface area contributed by atoms with Crippen LogP contribution in [0, 0.1) is 0 Å². The molecule has 0 aromatic carbocycles. The van der Waals surface area contributed by atoms with Crippen LogP contribution in [-0.2, 0) is 4.79 Å². The zero-order chi connectivity index (χ0) is 13.9. The number of amides is 1. The number of ether oxygens (including phenoxy) is 1. The Labute approximate surface area is 131 Å². The summed E-state index contributed by atoms with van der Waals surface area (Å²) < 4.78 is 5.95. The van der Waals surface area contributed by atoms with Gasteiger partial charge in [-0.15, -0.1) is 12.4 Å². The van der Waals surface area contributed by atoms with Gasteiger partial charge in [0.15, 0.2) is 0 Å². The Hall–Kier alpha value is -1.33. The van der Waals surface area contributed by atoms with E-state index < -0.39 is 0 Å². The molecule has 116 valence electrons. The fourth-order valence-corrected chi connectivity index (χ4v) is 2.83. The molecule has 1 unspecified atom stereocenters. The predicted molar refractivity (Wildman–Crippen MR) is 83.0 cm³/mol. The second-order valence-electron chi connectivity index (χ2n) is 5.60. The molecule has 0 aliphatic carbocycles. The van der Waals surface area contributed by atoms with Gasteiger partial charge in [0, 0.05) is 50.8 Å². The lowest BCUT2D eigenvalue weighted by atomic mass is 9.91. The van der Waals surface area contributed by atoms with Crippen LogP contribution in [0.3, 0.4) is 0 Å². The van der Waals surface area contributed by atoms with E-state index in [0.717, 1.165) is 50.5 Å². The van der Waals surface area contributed by atoms with Crippen LogP contribution in [0.4, 0.5) is 0 Å². The van der Waals surface area contributed by atoms with Gasteiger partial charge in [0.2, 0.25) is 11.8 Å². The van der Waals surface area contributed by atoms with E-state index in [0.29, 0.717) is 5.92 Å². The van der Waals surface area contributed by atoms with Crippen molar-refractivity contribution < 1.29 is 9.53 Å². The quantitative estimate of drug-likeness (QED) is 0.921. The highest BCUT2D eigenvalue weighted by atomic mass is 35.5. The molecule has 0 radical (unpaired) electrons. The van der Waals surface area contributed by atoms with Crippen molar-refractivity contribution in [3.8, 4) is 5.88 Å². The van der Waals surface area contributed by atoms with Gasteiger partial charge in [0.05, 0.1) is 0 Å². The normalized spacial score (nSPS) is 22.1. The molecule has 1 aromatic heterocycles. The van der Waals surface area contributed by atoms with Gasteiger partial charge in [-0.2, -0.15) is 0 Å². The molecule has 1 atom stereocenters. The van der Waals surface area contributed by atoms with Crippen LogP contribution in [-0.4, -0.2) is 48.1 Å². The Morgan fingerprint density at radius 3 is 2.95 bits per heavy atom. The van der Waals surface area contributed by atoms with Crippen LogP contribution >= 0.6 is 12.4 Å². The standard InChI is InChI=1S/C15H21N3O2.ClH/c1-11(19)18-7-3-4-12(10-18)14-5-2-6-17-15(14)20-13-8-16-9-13;/h2,5-6,12-13,16H,3-4,7-10H2,1H3;1H. The van der Waals surface area contributed by atoms with Crippen LogP contribution < -0.4 is 10.1 Å². The number of piperidine rings is 1. The fourth-order valence-electron chi connectivity index (χ4n) is 2.83. The highest BCUT2D eigenvalue weighted by Crippen LogP contribution is 2.32. The van der Waals surface area contributed by atoms with Crippen molar-refractivity contribution in [1.29, 1.82) is 0 Å². The lowest BCUT2D eigenvalue weighted by molar-refractivity contribution is -0.130. The molecular formula is C15H22ClN3O2. The van der Waals surface area contributed by atoms with E-state index in [1.165, 1.54) is 0 Å². The minimum absolute atomic E-state index is 0. The van der Waals surface area contributed by atoms with Crippen LogP contribution in [0.15, 0.2) is 18.3 Å². The zero-order valence-corrected chi connectivity index (χ0v) is 13.1. The number of halogens is 1. The van der Waals surface area contributed by atoms with E-state index >= 15 is 0 Å². The number of carbonyl (C=O) groups is 1.